The Kier molecular flexibility index (Phi) is 2.36. The Hall–Kier alpha value is -0.810. The summed E-state index contributed by atoms with van der Waals surface area (Å²) in [6.07, 6.45) is 1.36. The second-order valence-corrected chi connectivity index (χ2v) is 3.97. The van der Waals surface area contributed by atoms with E-state index >= 15 is 0 Å². The molecule has 1 saturated heterocycles. The molecule has 0 spiro atoms. The van der Waals surface area contributed by atoms with E-state index in [0.717, 1.165) is 12.8 Å². The zero-order valence-electron chi connectivity index (χ0n) is 8.19. The highest BCUT2D eigenvalue weighted by Crippen LogP contribution is 2.45. The molecule has 0 aromatic carbocycles. The first-order chi connectivity index (χ1) is 6.60. The Morgan fingerprint density at radius 1 is 1.64 bits per heavy atom. The Bertz CT molecular complexity index is 241. The van der Waals surface area contributed by atoms with Crippen molar-refractivity contribution in [2.45, 2.75) is 31.7 Å². The fourth-order valence-corrected chi connectivity index (χ4v) is 1.74. The molecule has 1 heterocycles. The Morgan fingerprint density at radius 3 is 2.93 bits per heavy atom. The third-order valence-corrected chi connectivity index (χ3v) is 2.69. The normalized spacial score (nSPS) is 37.1. The Labute approximate surface area is 82.5 Å². The highest BCUT2D eigenvalue weighted by molar-refractivity contribution is 5.64. The zero-order valence-corrected chi connectivity index (χ0v) is 8.19. The van der Waals surface area contributed by atoms with Crippen LogP contribution in [0.25, 0.3) is 0 Å². The van der Waals surface area contributed by atoms with Crippen LogP contribution < -0.4 is 5.73 Å². The maximum atomic E-state index is 10.4. The van der Waals surface area contributed by atoms with Crippen molar-refractivity contribution in [2.75, 3.05) is 13.2 Å². The fourth-order valence-electron chi connectivity index (χ4n) is 1.74. The van der Waals surface area contributed by atoms with E-state index in [9.17, 15) is 4.79 Å². The van der Waals surface area contributed by atoms with Crippen molar-refractivity contribution in [3.8, 4) is 0 Å². The van der Waals surface area contributed by atoms with E-state index in [-0.39, 0.29) is 12.7 Å². The molecule has 2 atom stereocenters. The molecule has 1 saturated carbocycles. The summed E-state index contributed by atoms with van der Waals surface area (Å²) in [6, 6.07) is 0. The number of hydrogen-bond acceptors (Lipinski definition) is 4. The summed E-state index contributed by atoms with van der Waals surface area (Å²) in [4.78, 5) is 10.4. The van der Waals surface area contributed by atoms with Crippen LogP contribution in [0.1, 0.15) is 19.8 Å². The average molecular weight is 201 g/mol. The van der Waals surface area contributed by atoms with Crippen LogP contribution >= 0.6 is 0 Å². The first-order valence-electron chi connectivity index (χ1n) is 4.84. The van der Waals surface area contributed by atoms with Crippen molar-refractivity contribution in [3.63, 3.8) is 0 Å². The first-order valence-corrected chi connectivity index (χ1v) is 4.84. The molecule has 2 unspecified atom stereocenters. The van der Waals surface area contributed by atoms with Gasteiger partial charge in [-0.3, -0.25) is 0 Å². The number of ether oxygens (including phenoxy) is 3. The summed E-state index contributed by atoms with van der Waals surface area (Å²) in [7, 11) is 0. The van der Waals surface area contributed by atoms with Crippen LogP contribution in [0.4, 0.5) is 4.79 Å². The van der Waals surface area contributed by atoms with Crippen molar-refractivity contribution in [1.29, 1.82) is 0 Å². The fraction of sp³-hybridized carbons (Fsp3) is 0.889. The number of amides is 1. The first kappa shape index (κ1) is 9.73. The van der Waals surface area contributed by atoms with Crippen LogP contribution in [-0.2, 0) is 14.2 Å². The molecule has 2 N–H and O–H groups in total. The number of hydrogen-bond donors (Lipinski definition) is 1. The van der Waals surface area contributed by atoms with Crippen LogP contribution in [0.5, 0.6) is 0 Å². The largest absolute Gasteiger partial charge is 0.447 e. The van der Waals surface area contributed by atoms with Crippen molar-refractivity contribution < 1.29 is 19.0 Å². The third-order valence-electron chi connectivity index (χ3n) is 2.69. The Balaban J connectivity index is 1.79. The lowest BCUT2D eigenvalue weighted by Gasteiger charge is -2.22. The van der Waals surface area contributed by atoms with Gasteiger partial charge in [-0.2, -0.15) is 0 Å². The molecule has 5 heteroatoms. The molecule has 1 aliphatic carbocycles. The third kappa shape index (κ3) is 1.99. The predicted octanol–water partition coefficient (Wildman–Crippen LogP) is 0.623. The number of carbonyl (C=O) groups excluding carboxylic acids is 1. The minimum atomic E-state index is -0.770. The van der Waals surface area contributed by atoms with E-state index in [2.05, 4.69) is 4.74 Å². The van der Waals surface area contributed by atoms with Crippen LogP contribution in [0.2, 0.25) is 0 Å². The number of rotatable bonds is 3. The summed E-state index contributed by atoms with van der Waals surface area (Å²) >= 11 is 0. The van der Waals surface area contributed by atoms with Crippen molar-refractivity contribution in [3.05, 3.63) is 0 Å². The van der Waals surface area contributed by atoms with Gasteiger partial charge in [-0.25, -0.2) is 4.79 Å². The number of primary amides is 1. The van der Waals surface area contributed by atoms with E-state index < -0.39 is 11.9 Å². The van der Waals surface area contributed by atoms with Gasteiger partial charge < -0.3 is 19.9 Å². The van der Waals surface area contributed by atoms with Gasteiger partial charge in [0.05, 0.1) is 6.61 Å². The molecule has 0 aromatic rings. The van der Waals surface area contributed by atoms with Gasteiger partial charge in [-0.05, 0) is 19.8 Å². The van der Waals surface area contributed by atoms with Gasteiger partial charge in [0.25, 0.3) is 0 Å². The summed E-state index contributed by atoms with van der Waals surface area (Å²) in [6.45, 7) is 2.59. The van der Waals surface area contributed by atoms with Crippen LogP contribution in [0.15, 0.2) is 0 Å². The lowest BCUT2D eigenvalue weighted by atomic mass is 10.2. The van der Waals surface area contributed by atoms with E-state index in [1.54, 1.807) is 0 Å². The molecule has 2 rings (SSSR count). The van der Waals surface area contributed by atoms with Gasteiger partial charge in [-0.15, -0.1) is 0 Å². The molecular weight excluding hydrogens is 186 g/mol. The number of carbonyl (C=O) groups is 1. The van der Waals surface area contributed by atoms with Gasteiger partial charge in [0.1, 0.15) is 12.7 Å². The van der Waals surface area contributed by atoms with Crippen LogP contribution in [-0.4, -0.2) is 31.2 Å². The van der Waals surface area contributed by atoms with Gasteiger partial charge in [-0.1, -0.05) is 0 Å². The van der Waals surface area contributed by atoms with Crippen LogP contribution in [0, 0.1) is 5.92 Å². The molecule has 5 nitrogen and oxygen atoms in total. The molecule has 2 aliphatic rings. The molecular formula is C9H15NO4. The molecule has 0 bridgehead atoms. The predicted molar refractivity (Wildman–Crippen MR) is 47.5 cm³/mol. The average Bonchev–Trinajstić information content (AvgIpc) is 2.89. The summed E-state index contributed by atoms with van der Waals surface area (Å²) < 4.78 is 15.9. The summed E-state index contributed by atoms with van der Waals surface area (Å²) in [5.74, 6) is 0.0344. The zero-order chi connectivity index (χ0) is 10.2. The maximum Gasteiger partial charge on any atom is 0.404 e. The Morgan fingerprint density at radius 2 is 2.36 bits per heavy atom. The highest BCUT2D eigenvalue weighted by atomic mass is 16.8. The quantitative estimate of drug-likeness (QED) is 0.726. The van der Waals surface area contributed by atoms with E-state index in [1.165, 1.54) is 0 Å². The molecule has 1 amide bonds. The summed E-state index contributed by atoms with van der Waals surface area (Å²) in [5.41, 5.74) is 4.85. The second kappa shape index (κ2) is 3.40. The molecule has 2 fully saturated rings. The molecule has 14 heavy (non-hydrogen) atoms. The van der Waals surface area contributed by atoms with Gasteiger partial charge >= 0.3 is 6.09 Å². The lowest BCUT2D eigenvalue weighted by molar-refractivity contribution is -0.172. The minimum absolute atomic E-state index is 0.173. The molecule has 0 radical (unpaired) electrons. The lowest BCUT2D eigenvalue weighted by Crippen LogP contribution is -2.31. The summed E-state index contributed by atoms with van der Waals surface area (Å²) in [5, 5.41) is 0. The standard InChI is InChI=1S/C9H15NO4/c1-9(6-2-3-6)13-5-7(14-9)4-12-8(10)11/h6-7H,2-5H2,1H3,(H2,10,11). The van der Waals surface area contributed by atoms with Gasteiger partial charge in [0.15, 0.2) is 5.79 Å². The van der Waals surface area contributed by atoms with Gasteiger partial charge in [0.2, 0.25) is 0 Å². The van der Waals surface area contributed by atoms with Crippen molar-refractivity contribution >= 4 is 6.09 Å². The highest BCUT2D eigenvalue weighted by Gasteiger charge is 2.49. The van der Waals surface area contributed by atoms with Crippen molar-refractivity contribution in [1.82, 2.24) is 0 Å². The van der Waals surface area contributed by atoms with E-state index in [0.29, 0.717) is 12.5 Å². The molecule has 0 aromatic heterocycles. The van der Waals surface area contributed by atoms with E-state index in [4.69, 9.17) is 15.2 Å². The SMILES string of the molecule is CC1(C2CC2)OCC(COC(N)=O)O1. The van der Waals surface area contributed by atoms with Crippen LogP contribution in [0.3, 0.4) is 0 Å². The minimum Gasteiger partial charge on any atom is -0.447 e. The second-order valence-electron chi connectivity index (χ2n) is 3.97. The number of nitrogens with two attached hydrogens (primary N) is 1. The topological polar surface area (TPSA) is 70.8 Å². The van der Waals surface area contributed by atoms with E-state index in [1.807, 2.05) is 6.92 Å². The smallest absolute Gasteiger partial charge is 0.404 e. The molecule has 1 aliphatic heterocycles. The van der Waals surface area contributed by atoms with Gasteiger partial charge in [0, 0.05) is 5.92 Å². The monoisotopic (exact) mass is 201 g/mol. The maximum absolute atomic E-state index is 10.4. The molecule has 80 valence electrons. The van der Waals surface area contributed by atoms with Crippen molar-refractivity contribution in [2.24, 2.45) is 11.7 Å².